The lowest BCUT2D eigenvalue weighted by molar-refractivity contribution is -0.143. The van der Waals surface area contributed by atoms with Crippen molar-refractivity contribution < 1.29 is 9.53 Å². The summed E-state index contributed by atoms with van der Waals surface area (Å²) in [6.07, 6.45) is 2.19. The molecule has 0 spiro atoms. The van der Waals surface area contributed by atoms with Crippen molar-refractivity contribution in [1.29, 1.82) is 0 Å². The molecule has 0 amide bonds. The van der Waals surface area contributed by atoms with Crippen LogP contribution in [0.15, 0.2) is 24.3 Å². The Hall–Kier alpha value is -2.37. The van der Waals surface area contributed by atoms with Gasteiger partial charge in [0.2, 0.25) is 0 Å². The van der Waals surface area contributed by atoms with Crippen LogP contribution in [0.25, 0.3) is 11.4 Å². The fraction of sp³-hybridized carbons (Fsp3) is 0.471. The Bertz CT molecular complexity index is 639. The molecule has 0 bridgehead atoms. The summed E-state index contributed by atoms with van der Waals surface area (Å²) < 4.78 is 4.93. The highest BCUT2D eigenvalue weighted by Crippen LogP contribution is 2.20. The molecule has 2 rings (SSSR count). The molecule has 0 saturated carbocycles. The van der Waals surface area contributed by atoms with E-state index in [0.717, 1.165) is 29.9 Å². The SMILES string of the molecule is CCOC(=O)CCCC(C)Nc1cccc(-c2n[nH]c(C)n2)c1. The first kappa shape index (κ1) is 17.0. The number of nitrogens with zero attached hydrogens (tertiary/aromatic N) is 2. The highest BCUT2D eigenvalue weighted by atomic mass is 16.5. The molecule has 0 fully saturated rings. The first-order valence-corrected chi connectivity index (χ1v) is 8.00. The third-order valence-corrected chi connectivity index (χ3v) is 3.45. The summed E-state index contributed by atoms with van der Waals surface area (Å²) in [5.74, 6) is 1.37. The van der Waals surface area contributed by atoms with E-state index in [4.69, 9.17) is 4.74 Å². The topological polar surface area (TPSA) is 79.9 Å². The third kappa shape index (κ3) is 5.39. The molecule has 124 valence electrons. The number of hydrogen-bond donors (Lipinski definition) is 2. The molecule has 6 heteroatoms. The van der Waals surface area contributed by atoms with Crippen LogP contribution >= 0.6 is 0 Å². The molecule has 23 heavy (non-hydrogen) atoms. The monoisotopic (exact) mass is 316 g/mol. The molecule has 1 aromatic carbocycles. The zero-order valence-electron chi connectivity index (χ0n) is 13.9. The first-order chi connectivity index (χ1) is 11.1. The van der Waals surface area contributed by atoms with Gasteiger partial charge in [-0.15, -0.1) is 0 Å². The van der Waals surface area contributed by atoms with Gasteiger partial charge in [-0.05, 0) is 45.7 Å². The molecule has 0 aliphatic heterocycles. The van der Waals surface area contributed by atoms with Crippen molar-refractivity contribution >= 4 is 11.7 Å². The molecular formula is C17H24N4O2. The number of benzene rings is 1. The van der Waals surface area contributed by atoms with Gasteiger partial charge in [0.15, 0.2) is 5.82 Å². The summed E-state index contributed by atoms with van der Waals surface area (Å²) in [5.41, 5.74) is 1.99. The standard InChI is InChI=1S/C17H24N4O2/c1-4-23-16(22)10-5-7-12(2)18-15-9-6-8-14(11-15)17-19-13(3)20-21-17/h6,8-9,11-12,18H,4-5,7,10H2,1-3H3,(H,19,20,21). The van der Waals surface area contributed by atoms with E-state index in [2.05, 4.69) is 27.4 Å². The van der Waals surface area contributed by atoms with Crippen molar-refractivity contribution in [1.82, 2.24) is 15.2 Å². The van der Waals surface area contributed by atoms with Crippen molar-refractivity contribution in [2.45, 2.75) is 46.1 Å². The lowest BCUT2D eigenvalue weighted by Crippen LogP contribution is -2.15. The Labute approximate surface area is 136 Å². The molecule has 1 aromatic heterocycles. The molecule has 0 aliphatic carbocycles. The minimum absolute atomic E-state index is 0.123. The molecule has 0 radical (unpaired) electrons. The second-order valence-corrected chi connectivity index (χ2v) is 5.57. The number of aromatic amines is 1. The van der Waals surface area contributed by atoms with Crippen LogP contribution in [0.1, 0.15) is 38.9 Å². The number of H-pyrrole nitrogens is 1. The van der Waals surface area contributed by atoms with E-state index < -0.39 is 0 Å². The molecule has 2 aromatic rings. The van der Waals surface area contributed by atoms with Gasteiger partial charge in [0.25, 0.3) is 0 Å². The predicted molar refractivity (Wildman–Crippen MR) is 90.1 cm³/mol. The quantitative estimate of drug-likeness (QED) is 0.730. The number of aryl methyl sites for hydroxylation is 1. The summed E-state index contributed by atoms with van der Waals surface area (Å²) in [6, 6.07) is 8.29. The number of nitrogens with one attached hydrogen (secondary N) is 2. The Morgan fingerprint density at radius 3 is 2.96 bits per heavy atom. The average Bonchev–Trinajstić information content (AvgIpc) is 2.94. The van der Waals surface area contributed by atoms with E-state index in [0.29, 0.717) is 18.9 Å². The predicted octanol–water partition coefficient (Wildman–Crippen LogP) is 3.31. The minimum atomic E-state index is -0.123. The average molecular weight is 316 g/mol. The maximum atomic E-state index is 11.3. The summed E-state index contributed by atoms with van der Waals surface area (Å²) >= 11 is 0. The Morgan fingerprint density at radius 1 is 1.43 bits per heavy atom. The highest BCUT2D eigenvalue weighted by Gasteiger charge is 2.08. The van der Waals surface area contributed by atoms with Gasteiger partial charge in [0, 0.05) is 23.7 Å². The summed E-state index contributed by atoms with van der Waals surface area (Å²) in [7, 11) is 0. The molecule has 1 atom stereocenters. The molecule has 1 unspecified atom stereocenters. The van der Waals surface area contributed by atoms with Crippen molar-refractivity contribution in [3.05, 3.63) is 30.1 Å². The molecule has 0 aliphatic rings. The zero-order valence-corrected chi connectivity index (χ0v) is 13.9. The van der Waals surface area contributed by atoms with Crippen LogP contribution in [0.3, 0.4) is 0 Å². The van der Waals surface area contributed by atoms with E-state index >= 15 is 0 Å². The second kappa shape index (κ2) is 8.31. The number of aromatic nitrogens is 3. The number of esters is 1. The van der Waals surface area contributed by atoms with Crippen LogP contribution in [0.2, 0.25) is 0 Å². The van der Waals surface area contributed by atoms with Crippen LogP contribution < -0.4 is 5.32 Å². The Balaban J connectivity index is 1.86. The van der Waals surface area contributed by atoms with Gasteiger partial charge < -0.3 is 10.1 Å². The van der Waals surface area contributed by atoms with E-state index in [9.17, 15) is 4.79 Å². The van der Waals surface area contributed by atoms with Crippen molar-refractivity contribution in [3.63, 3.8) is 0 Å². The molecule has 0 saturated heterocycles. The van der Waals surface area contributed by atoms with Crippen molar-refractivity contribution in [2.24, 2.45) is 0 Å². The maximum absolute atomic E-state index is 11.3. The molecule has 1 heterocycles. The van der Waals surface area contributed by atoms with Crippen LogP contribution in [0.5, 0.6) is 0 Å². The number of hydrogen-bond acceptors (Lipinski definition) is 5. The van der Waals surface area contributed by atoms with Crippen LogP contribution in [-0.2, 0) is 9.53 Å². The van der Waals surface area contributed by atoms with Gasteiger partial charge in [-0.3, -0.25) is 9.89 Å². The minimum Gasteiger partial charge on any atom is -0.466 e. The van der Waals surface area contributed by atoms with Gasteiger partial charge in [-0.1, -0.05) is 12.1 Å². The zero-order chi connectivity index (χ0) is 16.7. The molecule has 2 N–H and O–H groups in total. The van der Waals surface area contributed by atoms with Crippen LogP contribution in [-0.4, -0.2) is 33.8 Å². The normalized spacial score (nSPS) is 12.0. The third-order valence-electron chi connectivity index (χ3n) is 3.45. The highest BCUT2D eigenvalue weighted by molar-refractivity contribution is 5.69. The molecule has 6 nitrogen and oxygen atoms in total. The van der Waals surface area contributed by atoms with Gasteiger partial charge in [-0.2, -0.15) is 5.10 Å². The number of carbonyl (C=O) groups is 1. The van der Waals surface area contributed by atoms with Gasteiger partial charge in [0.05, 0.1) is 6.61 Å². The maximum Gasteiger partial charge on any atom is 0.305 e. The number of ether oxygens (including phenoxy) is 1. The number of anilines is 1. The Kier molecular flexibility index (Phi) is 6.14. The van der Waals surface area contributed by atoms with E-state index in [-0.39, 0.29) is 12.0 Å². The van der Waals surface area contributed by atoms with Gasteiger partial charge >= 0.3 is 5.97 Å². The lowest BCUT2D eigenvalue weighted by Gasteiger charge is -2.15. The number of carbonyl (C=O) groups excluding carboxylic acids is 1. The Morgan fingerprint density at radius 2 is 2.26 bits per heavy atom. The largest absolute Gasteiger partial charge is 0.466 e. The summed E-state index contributed by atoms with van der Waals surface area (Å²) in [4.78, 5) is 15.7. The summed E-state index contributed by atoms with van der Waals surface area (Å²) in [5, 5.41) is 10.5. The second-order valence-electron chi connectivity index (χ2n) is 5.57. The van der Waals surface area contributed by atoms with Crippen molar-refractivity contribution in [3.8, 4) is 11.4 Å². The van der Waals surface area contributed by atoms with Gasteiger partial charge in [0.1, 0.15) is 5.82 Å². The smallest absolute Gasteiger partial charge is 0.305 e. The lowest BCUT2D eigenvalue weighted by atomic mass is 10.1. The molecular weight excluding hydrogens is 292 g/mol. The first-order valence-electron chi connectivity index (χ1n) is 8.00. The number of rotatable bonds is 8. The van der Waals surface area contributed by atoms with Gasteiger partial charge in [-0.25, -0.2) is 4.98 Å². The van der Waals surface area contributed by atoms with Crippen molar-refractivity contribution in [2.75, 3.05) is 11.9 Å². The van der Waals surface area contributed by atoms with E-state index in [1.807, 2.05) is 38.1 Å². The van der Waals surface area contributed by atoms with E-state index in [1.54, 1.807) is 0 Å². The van der Waals surface area contributed by atoms with Crippen LogP contribution in [0.4, 0.5) is 5.69 Å². The summed E-state index contributed by atoms with van der Waals surface area (Å²) in [6.45, 7) is 6.25. The van der Waals surface area contributed by atoms with E-state index in [1.165, 1.54) is 0 Å². The van der Waals surface area contributed by atoms with Crippen LogP contribution in [0, 0.1) is 6.92 Å². The fourth-order valence-electron chi connectivity index (χ4n) is 2.36. The fourth-order valence-corrected chi connectivity index (χ4v) is 2.36.